The fourth-order valence-electron chi connectivity index (χ4n) is 3.20. The normalized spacial score (nSPS) is 15.6. The van der Waals surface area contributed by atoms with Crippen LogP contribution in [0.4, 0.5) is 5.69 Å². The molecule has 1 fully saturated rings. The lowest BCUT2D eigenvalue weighted by Gasteiger charge is -2.27. The predicted molar refractivity (Wildman–Crippen MR) is 113 cm³/mol. The minimum atomic E-state index is -0.555. The lowest BCUT2D eigenvalue weighted by atomic mass is 10.1. The molecular formula is C20H18N4O4S. The summed E-state index contributed by atoms with van der Waals surface area (Å²) in [5, 5.41) is 13.4. The monoisotopic (exact) mass is 410 g/mol. The summed E-state index contributed by atoms with van der Waals surface area (Å²) in [6, 6.07) is 8.00. The number of aromatic nitrogens is 1. The predicted octanol–water partition coefficient (Wildman–Crippen LogP) is 2.82. The largest absolute Gasteiger partial charge is 0.318 e. The Morgan fingerprint density at radius 1 is 1.24 bits per heavy atom. The van der Waals surface area contributed by atoms with E-state index in [1.54, 1.807) is 12.1 Å². The molecule has 1 N–H and O–H groups in total. The Morgan fingerprint density at radius 3 is 2.48 bits per heavy atom. The van der Waals surface area contributed by atoms with Crippen LogP contribution in [0.15, 0.2) is 48.6 Å². The smallest absolute Gasteiger partial charge is 0.269 e. The van der Waals surface area contributed by atoms with Crippen molar-refractivity contribution in [2.24, 2.45) is 0 Å². The van der Waals surface area contributed by atoms with Gasteiger partial charge in [0.1, 0.15) is 5.57 Å². The van der Waals surface area contributed by atoms with Crippen LogP contribution in [0.25, 0.3) is 11.8 Å². The maximum Gasteiger partial charge on any atom is 0.269 e. The molecule has 29 heavy (non-hydrogen) atoms. The van der Waals surface area contributed by atoms with Crippen LogP contribution in [0, 0.1) is 24.0 Å². The van der Waals surface area contributed by atoms with E-state index >= 15 is 0 Å². The summed E-state index contributed by atoms with van der Waals surface area (Å²) >= 11 is 5.05. The van der Waals surface area contributed by atoms with E-state index in [0.29, 0.717) is 5.56 Å². The van der Waals surface area contributed by atoms with Crippen LogP contribution in [-0.4, -0.2) is 37.9 Å². The number of non-ortho nitro benzene ring substituents is 1. The van der Waals surface area contributed by atoms with Gasteiger partial charge in [-0.1, -0.05) is 6.08 Å². The quantitative estimate of drug-likeness (QED) is 0.204. The summed E-state index contributed by atoms with van der Waals surface area (Å²) in [4.78, 5) is 36.7. The van der Waals surface area contributed by atoms with Crippen LogP contribution >= 0.6 is 12.2 Å². The first-order chi connectivity index (χ1) is 13.7. The minimum absolute atomic E-state index is 0.00121. The maximum atomic E-state index is 12.7. The van der Waals surface area contributed by atoms with Crippen molar-refractivity contribution in [3.63, 3.8) is 0 Å². The first-order valence-electron chi connectivity index (χ1n) is 8.68. The van der Waals surface area contributed by atoms with Crippen LogP contribution in [-0.2, 0) is 9.59 Å². The molecule has 2 amide bonds. The number of rotatable bonds is 5. The molecule has 0 atom stereocenters. The van der Waals surface area contributed by atoms with Gasteiger partial charge in [0.25, 0.3) is 17.5 Å². The molecule has 1 aromatic heterocycles. The third kappa shape index (κ3) is 3.72. The number of benzene rings is 1. The van der Waals surface area contributed by atoms with E-state index in [0.717, 1.165) is 17.1 Å². The Bertz CT molecular complexity index is 1080. The van der Waals surface area contributed by atoms with Crippen molar-refractivity contribution in [3.05, 3.63) is 75.6 Å². The number of nitrogens with one attached hydrogen (secondary N) is 1. The van der Waals surface area contributed by atoms with Gasteiger partial charge in [-0.3, -0.25) is 29.9 Å². The fourth-order valence-corrected chi connectivity index (χ4v) is 3.45. The number of amides is 2. The second-order valence-corrected chi connectivity index (χ2v) is 6.84. The van der Waals surface area contributed by atoms with E-state index in [1.807, 2.05) is 24.5 Å². The summed E-state index contributed by atoms with van der Waals surface area (Å²) in [5.74, 6) is -1.04. The highest BCUT2D eigenvalue weighted by molar-refractivity contribution is 7.80. The van der Waals surface area contributed by atoms with Crippen LogP contribution in [0.5, 0.6) is 0 Å². The molecule has 1 aromatic carbocycles. The molecule has 0 bridgehead atoms. The summed E-state index contributed by atoms with van der Waals surface area (Å²) in [7, 11) is 0. The third-order valence-corrected chi connectivity index (χ3v) is 4.91. The third-order valence-electron chi connectivity index (χ3n) is 4.59. The van der Waals surface area contributed by atoms with E-state index in [4.69, 9.17) is 12.2 Å². The molecule has 0 aliphatic carbocycles. The van der Waals surface area contributed by atoms with Gasteiger partial charge in [0.15, 0.2) is 5.11 Å². The fraction of sp³-hybridized carbons (Fsp3) is 0.150. The highest BCUT2D eigenvalue weighted by Crippen LogP contribution is 2.25. The zero-order valence-corrected chi connectivity index (χ0v) is 16.7. The number of nitrogens with zero attached hydrogens (tertiary/aromatic N) is 3. The minimum Gasteiger partial charge on any atom is -0.318 e. The molecule has 0 unspecified atom stereocenters. The molecule has 148 valence electrons. The van der Waals surface area contributed by atoms with Crippen LogP contribution < -0.4 is 5.32 Å². The van der Waals surface area contributed by atoms with Gasteiger partial charge in [0, 0.05) is 35.8 Å². The van der Waals surface area contributed by atoms with Crippen molar-refractivity contribution in [2.75, 3.05) is 6.54 Å². The number of hydrogen-bond donors (Lipinski definition) is 1. The van der Waals surface area contributed by atoms with Crippen molar-refractivity contribution in [3.8, 4) is 5.69 Å². The highest BCUT2D eigenvalue weighted by Gasteiger charge is 2.32. The first-order valence-corrected chi connectivity index (χ1v) is 9.09. The summed E-state index contributed by atoms with van der Waals surface area (Å²) in [5.41, 5.74) is 3.04. The molecule has 2 heterocycles. The molecule has 8 nitrogen and oxygen atoms in total. The van der Waals surface area contributed by atoms with Gasteiger partial charge in [-0.2, -0.15) is 0 Å². The van der Waals surface area contributed by atoms with Crippen molar-refractivity contribution < 1.29 is 14.5 Å². The van der Waals surface area contributed by atoms with Crippen molar-refractivity contribution >= 4 is 40.9 Å². The number of nitro benzene ring substituents is 1. The molecule has 0 spiro atoms. The second-order valence-electron chi connectivity index (χ2n) is 6.46. The summed E-state index contributed by atoms with van der Waals surface area (Å²) in [6.07, 6.45) is 3.06. The van der Waals surface area contributed by atoms with E-state index in [2.05, 4.69) is 11.9 Å². The van der Waals surface area contributed by atoms with Crippen molar-refractivity contribution in [2.45, 2.75) is 13.8 Å². The van der Waals surface area contributed by atoms with Gasteiger partial charge in [0.05, 0.1) is 4.92 Å². The Hall–Kier alpha value is -3.59. The average molecular weight is 410 g/mol. The van der Waals surface area contributed by atoms with Gasteiger partial charge >= 0.3 is 0 Å². The highest BCUT2D eigenvalue weighted by atomic mass is 32.1. The Labute approximate surface area is 172 Å². The lowest BCUT2D eigenvalue weighted by molar-refractivity contribution is -0.384. The van der Waals surface area contributed by atoms with E-state index < -0.39 is 16.7 Å². The molecule has 0 saturated carbocycles. The average Bonchev–Trinajstić information content (AvgIpc) is 2.95. The summed E-state index contributed by atoms with van der Waals surface area (Å²) in [6.45, 7) is 7.51. The molecule has 1 saturated heterocycles. The van der Waals surface area contributed by atoms with E-state index in [1.165, 1.54) is 29.2 Å². The second kappa shape index (κ2) is 7.80. The molecule has 3 rings (SSSR count). The van der Waals surface area contributed by atoms with E-state index in [9.17, 15) is 19.7 Å². The van der Waals surface area contributed by atoms with Crippen molar-refractivity contribution in [1.82, 2.24) is 14.8 Å². The molecule has 1 aliphatic heterocycles. The molecule has 2 aromatic rings. The molecule has 0 radical (unpaired) electrons. The topological polar surface area (TPSA) is 97.5 Å². The number of thiocarbonyl (C=S) groups is 1. The zero-order chi connectivity index (χ0) is 21.3. The zero-order valence-electron chi connectivity index (χ0n) is 15.8. The maximum absolute atomic E-state index is 12.7. The SMILES string of the molecule is C=CCN1C(=O)C(=Cc2cc(C)n(-c3ccc([N+](=O)[O-])cc3)c2C)C(=O)NC1=S. The van der Waals surface area contributed by atoms with Crippen LogP contribution in [0.1, 0.15) is 17.0 Å². The van der Waals surface area contributed by atoms with Gasteiger partial charge < -0.3 is 4.57 Å². The lowest BCUT2D eigenvalue weighted by Crippen LogP contribution is -2.53. The molecule has 1 aliphatic rings. The number of carbonyl (C=O) groups is 2. The standard InChI is InChI=1S/C20H18N4O4S/c1-4-9-22-19(26)17(18(25)21-20(22)29)11-14-10-12(2)23(13(14)3)15-5-7-16(8-6-15)24(27)28/h4-8,10-11H,1,9H2,2-3H3,(H,21,25,29). The molecular weight excluding hydrogens is 392 g/mol. The summed E-state index contributed by atoms with van der Waals surface area (Å²) < 4.78 is 1.90. The number of carbonyl (C=O) groups excluding carboxylic acids is 2. The Kier molecular flexibility index (Phi) is 5.42. The Balaban J connectivity index is 2.02. The van der Waals surface area contributed by atoms with Crippen molar-refractivity contribution in [1.29, 1.82) is 0 Å². The Morgan fingerprint density at radius 2 is 1.90 bits per heavy atom. The van der Waals surface area contributed by atoms with Crippen LogP contribution in [0.2, 0.25) is 0 Å². The van der Waals surface area contributed by atoms with E-state index in [-0.39, 0.29) is 22.9 Å². The molecule has 9 heteroatoms. The van der Waals surface area contributed by atoms with Gasteiger partial charge in [0.2, 0.25) is 0 Å². The van der Waals surface area contributed by atoms with Gasteiger partial charge in [-0.25, -0.2) is 0 Å². The van der Waals surface area contributed by atoms with Crippen LogP contribution in [0.3, 0.4) is 0 Å². The number of hydrogen-bond acceptors (Lipinski definition) is 5. The van der Waals surface area contributed by atoms with Gasteiger partial charge in [-0.05, 0) is 55.9 Å². The number of nitro groups is 1. The van der Waals surface area contributed by atoms with Gasteiger partial charge in [-0.15, -0.1) is 6.58 Å². The first kappa shape index (κ1) is 20.2. The number of aryl methyl sites for hydroxylation is 1.